The number of rotatable bonds is 5. The van der Waals surface area contributed by atoms with Gasteiger partial charge in [0.2, 0.25) is 0 Å². The molecule has 1 aromatic carbocycles. The zero-order valence-electron chi connectivity index (χ0n) is 10.2. The Balaban J connectivity index is 0.00000225. The summed E-state index contributed by atoms with van der Waals surface area (Å²) in [5, 5.41) is 10.3. The molecule has 4 heteroatoms. The number of carboxylic acid groups (broad SMARTS) is 1. The van der Waals surface area contributed by atoms with Crippen molar-refractivity contribution in [2.45, 2.75) is 19.9 Å². The third-order valence-corrected chi connectivity index (χ3v) is 2.23. The predicted octanol–water partition coefficient (Wildman–Crippen LogP) is -2.43. The van der Waals surface area contributed by atoms with Crippen molar-refractivity contribution in [1.29, 1.82) is 0 Å². The molecular formula is C12H16NNaO2. The molecule has 0 N–H and O–H groups in total. The molecule has 1 rings (SSSR count). The zero-order chi connectivity index (χ0) is 11.3. The molecule has 82 valence electrons. The standard InChI is InChI=1S/C12H17NO2.Na/c1-10-4-3-5-11(8-10)9-13(2)7-6-12(14)15;/h3-5,8H,6-7,9H2,1-2H3,(H,14,15);/q;+1/p-1. The topological polar surface area (TPSA) is 43.4 Å². The van der Waals surface area contributed by atoms with Crippen LogP contribution in [-0.2, 0) is 11.3 Å². The summed E-state index contributed by atoms with van der Waals surface area (Å²) < 4.78 is 0. The van der Waals surface area contributed by atoms with E-state index in [-0.39, 0.29) is 36.0 Å². The number of carbonyl (C=O) groups is 1. The van der Waals surface area contributed by atoms with Gasteiger partial charge in [-0.3, -0.25) is 0 Å². The molecule has 0 heterocycles. The molecular weight excluding hydrogens is 213 g/mol. The number of carboxylic acids is 1. The van der Waals surface area contributed by atoms with Crippen LogP contribution in [0.1, 0.15) is 17.5 Å². The van der Waals surface area contributed by atoms with Crippen molar-refractivity contribution >= 4 is 5.97 Å². The van der Waals surface area contributed by atoms with Gasteiger partial charge in [-0.2, -0.15) is 0 Å². The summed E-state index contributed by atoms with van der Waals surface area (Å²) >= 11 is 0. The summed E-state index contributed by atoms with van der Waals surface area (Å²) in [7, 11) is 1.91. The Morgan fingerprint density at radius 3 is 2.69 bits per heavy atom. The molecule has 0 amide bonds. The van der Waals surface area contributed by atoms with E-state index in [0.717, 1.165) is 6.54 Å². The fourth-order valence-corrected chi connectivity index (χ4v) is 1.48. The van der Waals surface area contributed by atoms with Gasteiger partial charge in [-0.25, -0.2) is 0 Å². The molecule has 16 heavy (non-hydrogen) atoms. The van der Waals surface area contributed by atoms with Gasteiger partial charge in [-0.15, -0.1) is 0 Å². The SMILES string of the molecule is Cc1cccc(CN(C)CCC(=O)[O-])c1.[Na+]. The van der Waals surface area contributed by atoms with Crippen molar-refractivity contribution in [1.82, 2.24) is 4.90 Å². The molecule has 0 saturated carbocycles. The van der Waals surface area contributed by atoms with E-state index in [4.69, 9.17) is 0 Å². The molecule has 0 spiro atoms. The van der Waals surface area contributed by atoms with E-state index in [0.29, 0.717) is 6.54 Å². The van der Waals surface area contributed by atoms with Gasteiger partial charge in [0.15, 0.2) is 0 Å². The van der Waals surface area contributed by atoms with E-state index in [1.807, 2.05) is 37.1 Å². The Labute approximate surface area is 119 Å². The van der Waals surface area contributed by atoms with Gasteiger partial charge in [-0.1, -0.05) is 29.8 Å². The Morgan fingerprint density at radius 2 is 2.12 bits per heavy atom. The molecule has 0 fully saturated rings. The predicted molar refractivity (Wildman–Crippen MR) is 57.1 cm³/mol. The van der Waals surface area contributed by atoms with Crippen molar-refractivity contribution < 1.29 is 39.5 Å². The number of hydrogen-bond acceptors (Lipinski definition) is 3. The van der Waals surface area contributed by atoms with Crippen LogP contribution in [0.3, 0.4) is 0 Å². The average Bonchev–Trinajstić information content (AvgIpc) is 2.15. The van der Waals surface area contributed by atoms with Crippen LogP contribution >= 0.6 is 0 Å². The van der Waals surface area contributed by atoms with Crippen LogP contribution in [0.5, 0.6) is 0 Å². The molecule has 0 aliphatic heterocycles. The summed E-state index contributed by atoms with van der Waals surface area (Å²) in [4.78, 5) is 12.2. The quantitative estimate of drug-likeness (QED) is 0.527. The van der Waals surface area contributed by atoms with Crippen molar-refractivity contribution in [3.63, 3.8) is 0 Å². The smallest absolute Gasteiger partial charge is 0.550 e. The number of hydrogen-bond donors (Lipinski definition) is 0. The first-order valence-corrected chi connectivity index (χ1v) is 5.02. The normalized spacial score (nSPS) is 9.94. The fraction of sp³-hybridized carbons (Fsp3) is 0.417. The first kappa shape index (κ1) is 15.7. The third-order valence-electron chi connectivity index (χ3n) is 2.23. The number of nitrogens with zero attached hydrogens (tertiary/aromatic N) is 1. The van der Waals surface area contributed by atoms with Gasteiger partial charge in [0.1, 0.15) is 0 Å². The van der Waals surface area contributed by atoms with Gasteiger partial charge in [0.05, 0.1) is 0 Å². The maximum atomic E-state index is 10.3. The Kier molecular flexibility index (Phi) is 7.68. The minimum atomic E-state index is -0.994. The van der Waals surface area contributed by atoms with E-state index < -0.39 is 5.97 Å². The van der Waals surface area contributed by atoms with Crippen LogP contribution in [-0.4, -0.2) is 24.5 Å². The van der Waals surface area contributed by atoms with Gasteiger partial charge in [-0.05, 0) is 26.0 Å². The van der Waals surface area contributed by atoms with Gasteiger partial charge in [0.25, 0.3) is 0 Å². The molecule has 0 aliphatic rings. The molecule has 0 saturated heterocycles. The zero-order valence-corrected chi connectivity index (χ0v) is 12.2. The van der Waals surface area contributed by atoms with E-state index in [1.165, 1.54) is 11.1 Å². The van der Waals surface area contributed by atoms with E-state index in [2.05, 4.69) is 6.07 Å². The van der Waals surface area contributed by atoms with Gasteiger partial charge in [0, 0.05) is 19.1 Å². The van der Waals surface area contributed by atoms with Crippen molar-refractivity contribution in [2.24, 2.45) is 0 Å². The van der Waals surface area contributed by atoms with Gasteiger partial charge >= 0.3 is 29.6 Å². The van der Waals surface area contributed by atoms with Crippen molar-refractivity contribution in [3.8, 4) is 0 Å². The maximum absolute atomic E-state index is 10.3. The molecule has 0 bridgehead atoms. The molecule has 1 aromatic rings. The Morgan fingerprint density at radius 1 is 1.44 bits per heavy atom. The molecule has 0 atom stereocenters. The van der Waals surface area contributed by atoms with Gasteiger partial charge < -0.3 is 14.8 Å². The minimum absolute atomic E-state index is 0. The molecule has 0 unspecified atom stereocenters. The van der Waals surface area contributed by atoms with Crippen molar-refractivity contribution in [2.75, 3.05) is 13.6 Å². The minimum Gasteiger partial charge on any atom is -0.550 e. The number of benzene rings is 1. The van der Waals surface area contributed by atoms with Crippen LogP contribution in [0.15, 0.2) is 24.3 Å². The second-order valence-corrected chi connectivity index (χ2v) is 3.85. The van der Waals surface area contributed by atoms with Crippen molar-refractivity contribution in [3.05, 3.63) is 35.4 Å². The largest absolute Gasteiger partial charge is 1.00 e. The monoisotopic (exact) mass is 229 g/mol. The second-order valence-electron chi connectivity index (χ2n) is 3.85. The first-order valence-electron chi connectivity index (χ1n) is 5.02. The fourth-order valence-electron chi connectivity index (χ4n) is 1.48. The number of aliphatic carboxylic acids is 1. The summed E-state index contributed by atoms with van der Waals surface area (Å²) in [6, 6.07) is 8.21. The molecule has 3 nitrogen and oxygen atoms in total. The first-order chi connectivity index (χ1) is 7.08. The number of aryl methyl sites for hydroxylation is 1. The Bertz CT molecular complexity index is 342. The number of carbonyl (C=O) groups excluding carboxylic acids is 1. The van der Waals surface area contributed by atoms with Crippen LogP contribution in [0.2, 0.25) is 0 Å². The van der Waals surface area contributed by atoms with Crippen LogP contribution < -0.4 is 34.7 Å². The summed E-state index contributed by atoms with van der Waals surface area (Å²) in [5.41, 5.74) is 2.43. The van der Waals surface area contributed by atoms with E-state index in [1.54, 1.807) is 0 Å². The summed E-state index contributed by atoms with van der Waals surface area (Å²) in [5.74, 6) is -0.994. The average molecular weight is 229 g/mol. The molecule has 0 aliphatic carbocycles. The molecule has 0 radical (unpaired) electrons. The van der Waals surface area contributed by atoms with Crippen LogP contribution in [0.4, 0.5) is 0 Å². The summed E-state index contributed by atoms with van der Waals surface area (Å²) in [6.45, 7) is 3.34. The van der Waals surface area contributed by atoms with E-state index >= 15 is 0 Å². The third kappa shape index (κ3) is 6.28. The van der Waals surface area contributed by atoms with Crippen LogP contribution in [0.25, 0.3) is 0 Å². The summed E-state index contributed by atoms with van der Waals surface area (Å²) in [6.07, 6.45) is 0.0856. The molecule has 0 aromatic heterocycles. The maximum Gasteiger partial charge on any atom is 1.00 e. The van der Waals surface area contributed by atoms with Crippen LogP contribution in [0, 0.1) is 6.92 Å². The second kappa shape index (κ2) is 7.85. The Hall–Kier alpha value is -0.350. The van der Waals surface area contributed by atoms with E-state index in [9.17, 15) is 9.90 Å².